The minimum atomic E-state index is 0.0240. The van der Waals surface area contributed by atoms with Gasteiger partial charge in [-0.15, -0.1) is 6.58 Å². The molecule has 0 radical (unpaired) electrons. The summed E-state index contributed by atoms with van der Waals surface area (Å²) < 4.78 is 1.98. The molecule has 2 heterocycles. The second-order valence-electron chi connectivity index (χ2n) is 3.42. The molecule has 0 amide bonds. The molecule has 0 aliphatic heterocycles. The molecule has 0 bridgehead atoms. The third kappa shape index (κ3) is 1.56. The number of hydrogen-bond donors (Lipinski definition) is 0. The molecule has 0 spiro atoms. The molecule has 2 aromatic heterocycles. The number of rotatable bonds is 2. The summed E-state index contributed by atoms with van der Waals surface area (Å²) in [5, 5.41) is 0.657. The molecule has 2 rings (SSSR count). The van der Waals surface area contributed by atoms with E-state index in [1.54, 1.807) is 30.5 Å². The average molecular weight is 200 g/mol. The molecule has 0 unspecified atom stereocenters. The van der Waals surface area contributed by atoms with E-state index in [0.29, 0.717) is 11.9 Å². The van der Waals surface area contributed by atoms with Crippen LogP contribution in [-0.4, -0.2) is 9.55 Å². The first-order valence-corrected chi connectivity index (χ1v) is 4.80. The molecular weight excluding hydrogens is 188 g/mol. The highest BCUT2D eigenvalue weighted by Crippen LogP contribution is 2.09. The molecule has 0 N–H and O–H groups in total. The van der Waals surface area contributed by atoms with E-state index in [9.17, 15) is 4.79 Å². The van der Waals surface area contributed by atoms with Gasteiger partial charge in [0.25, 0.3) is 0 Å². The molecule has 0 aliphatic rings. The van der Waals surface area contributed by atoms with Crippen LogP contribution in [0.15, 0.2) is 41.8 Å². The van der Waals surface area contributed by atoms with Crippen molar-refractivity contribution in [2.45, 2.75) is 13.5 Å². The summed E-state index contributed by atoms with van der Waals surface area (Å²) in [5.74, 6) is 0. The minimum absolute atomic E-state index is 0.0240. The van der Waals surface area contributed by atoms with E-state index in [2.05, 4.69) is 11.6 Å². The Morgan fingerprint density at radius 1 is 1.60 bits per heavy atom. The molecule has 3 nitrogen and oxygen atoms in total. The largest absolute Gasteiger partial charge is 0.326 e. The van der Waals surface area contributed by atoms with E-state index in [4.69, 9.17) is 0 Å². The van der Waals surface area contributed by atoms with Gasteiger partial charge in [-0.2, -0.15) is 0 Å². The second kappa shape index (κ2) is 3.69. The zero-order valence-electron chi connectivity index (χ0n) is 8.60. The lowest BCUT2D eigenvalue weighted by Gasteiger charge is -2.10. The molecule has 0 saturated heterocycles. The Kier molecular flexibility index (Phi) is 2.37. The number of nitrogens with zero attached hydrogens (tertiary/aromatic N) is 2. The Labute approximate surface area is 87.7 Å². The van der Waals surface area contributed by atoms with Crippen molar-refractivity contribution in [3.63, 3.8) is 0 Å². The summed E-state index contributed by atoms with van der Waals surface area (Å²) in [6.45, 7) is 6.27. The molecular formula is C12H12N2O. The molecule has 2 aromatic rings. The van der Waals surface area contributed by atoms with Crippen LogP contribution < -0.4 is 5.43 Å². The number of aryl methyl sites for hydroxylation is 1. The molecule has 0 fully saturated rings. The number of pyridine rings is 2. The van der Waals surface area contributed by atoms with Gasteiger partial charge in [0.05, 0.1) is 5.39 Å². The maximum atomic E-state index is 11.7. The van der Waals surface area contributed by atoms with Gasteiger partial charge in [0.2, 0.25) is 0 Å². The average Bonchev–Trinajstić information content (AvgIpc) is 2.24. The Bertz CT molecular complexity index is 569. The summed E-state index contributed by atoms with van der Waals surface area (Å²) in [6.07, 6.45) is 3.49. The topological polar surface area (TPSA) is 34.9 Å². The molecule has 76 valence electrons. The predicted molar refractivity (Wildman–Crippen MR) is 60.9 cm³/mol. The van der Waals surface area contributed by atoms with E-state index in [1.807, 2.05) is 11.5 Å². The fourth-order valence-corrected chi connectivity index (χ4v) is 1.68. The molecule has 0 saturated carbocycles. The Morgan fingerprint density at radius 2 is 2.40 bits per heavy atom. The first kappa shape index (κ1) is 9.65. The maximum absolute atomic E-state index is 11.7. The van der Waals surface area contributed by atoms with Crippen molar-refractivity contribution >= 4 is 11.0 Å². The fourth-order valence-electron chi connectivity index (χ4n) is 1.68. The van der Waals surface area contributed by atoms with E-state index >= 15 is 0 Å². The number of aromatic nitrogens is 2. The van der Waals surface area contributed by atoms with Gasteiger partial charge in [-0.05, 0) is 19.1 Å². The molecule has 0 aromatic carbocycles. The van der Waals surface area contributed by atoms with E-state index in [0.717, 1.165) is 11.3 Å². The first-order chi connectivity index (χ1) is 7.24. The molecule has 15 heavy (non-hydrogen) atoms. The van der Waals surface area contributed by atoms with Crippen molar-refractivity contribution in [2.24, 2.45) is 0 Å². The van der Waals surface area contributed by atoms with Gasteiger partial charge < -0.3 is 4.57 Å². The summed E-state index contributed by atoms with van der Waals surface area (Å²) in [4.78, 5) is 15.9. The predicted octanol–water partition coefficient (Wildman–Crippen LogP) is 1.89. The Morgan fingerprint density at radius 3 is 3.13 bits per heavy atom. The van der Waals surface area contributed by atoms with Gasteiger partial charge >= 0.3 is 0 Å². The van der Waals surface area contributed by atoms with Gasteiger partial charge in [-0.1, -0.05) is 6.08 Å². The van der Waals surface area contributed by atoms with Crippen LogP contribution in [0.25, 0.3) is 11.0 Å². The van der Waals surface area contributed by atoms with E-state index < -0.39 is 0 Å². The quantitative estimate of drug-likeness (QED) is 0.694. The van der Waals surface area contributed by atoms with Crippen LogP contribution in [0.4, 0.5) is 0 Å². The van der Waals surface area contributed by atoms with E-state index in [-0.39, 0.29) is 5.43 Å². The van der Waals surface area contributed by atoms with Crippen LogP contribution in [0.2, 0.25) is 0 Å². The summed E-state index contributed by atoms with van der Waals surface area (Å²) in [6, 6.07) is 5.20. The van der Waals surface area contributed by atoms with Gasteiger partial charge in [0.15, 0.2) is 5.43 Å². The normalized spacial score (nSPS) is 10.5. The zero-order valence-corrected chi connectivity index (χ0v) is 8.60. The third-order valence-corrected chi connectivity index (χ3v) is 2.39. The summed E-state index contributed by atoms with van der Waals surface area (Å²) >= 11 is 0. The molecule has 3 heteroatoms. The Balaban J connectivity index is 2.89. The van der Waals surface area contributed by atoms with Gasteiger partial charge in [0.1, 0.15) is 5.65 Å². The van der Waals surface area contributed by atoms with Crippen LogP contribution in [0.3, 0.4) is 0 Å². The van der Waals surface area contributed by atoms with Crippen molar-refractivity contribution in [3.8, 4) is 0 Å². The summed E-state index contributed by atoms with van der Waals surface area (Å²) in [5.41, 5.74) is 1.66. The molecule has 0 aliphatic carbocycles. The van der Waals surface area contributed by atoms with Crippen molar-refractivity contribution in [2.75, 3.05) is 0 Å². The lowest BCUT2D eigenvalue weighted by atomic mass is 10.2. The van der Waals surface area contributed by atoms with Crippen molar-refractivity contribution in [3.05, 3.63) is 53.0 Å². The van der Waals surface area contributed by atoms with Crippen LogP contribution >= 0.6 is 0 Å². The lowest BCUT2D eigenvalue weighted by Crippen LogP contribution is -2.12. The zero-order chi connectivity index (χ0) is 10.8. The number of fused-ring (bicyclic) bond motifs is 1. The van der Waals surface area contributed by atoms with Crippen molar-refractivity contribution in [1.29, 1.82) is 0 Å². The van der Waals surface area contributed by atoms with Gasteiger partial charge in [0, 0.05) is 24.5 Å². The highest BCUT2D eigenvalue weighted by atomic mass is 16.1. The second-order valence-corrected chi connectivity index (χ2v) is 3.42. The fraction of sp³-hybridized carbons (Fsp3) is 0.167. The SMILES string of the molecule is C=CCn1c(C)cc(=O)c2cccnc21. The standard InChI is InChI=1S/C12H12N2O/c1-3-7-14-9(2)8-11(15)10-5-4-6-13-12(10)14/h3-6,8H,1,7H2,2H3. The monoisotopic (exact) mass is 200 g/mol. The van der Waals surface area contributed by atoms with Crippen LogP contribution in [0.1, 0.15) is 5.69 Å². The van der Waals surface area contributed by atoms with Gasteiger partial charge in [-0.3, -0.25) is 4.79 Å². The maximum Gasteiger partial charge on any atom is 0.191 e. The van der Waals surface area contributed by atoms with Crippen LogP contribution in [0.5, 0.6) is 0 Å². The number of allylic oxidation sites excluding steroid dienone is 1. The third-order valence-electron chi connectivity index (χ3n) is 2.39. The Hall–Kier alpha value is -1.90. The van der Waals surface area contributed by atoms with E-state index in [1.165, 1.54) is 0 Å². The molecule has 0 atom stereocenters. The number of hydrogen-bond acceptors (Lipinski definition) is 2. The first-order valence-electron chi connectivity index (χ1n) is 4.80. The van der Waals surface area contributed by atoms with Gasteiger partial charge in [-0.25, -0.2) is 4.98 Å². The minimum Gasteiger partial charge on any atom is -0.326 e. The highest BCUT2D eigenvalue weighted by Gasteiger charge is 2.05. The van der Waals surface area contributed by atoms with Crippen molar-refractivity contribution < 1.29 is 0 Å². The smallest absolute Gasteiger partial charge is 0.191 e. The lowest BCUT2D eigenvalue weighted by molar-refractivity contribution is 0.802. The van der Waals surface area contributed by atoms with Crippen molar-refractivity contribution in [1.82, 2.24) is 9.55 Å². The summed E-state index contributed by atoms with van der Waals surface area (Å²) in [7, 11) is 0. The van der Waals surface area contributed by atoms with Crippen LogP contribution in [-0.2, 0) is 6.54 Å². The highest BCUT2D eigenvalue weighted by molar-refractivity contribution is 5.74. The van der Waals surface area contributed by atoms with Crippen LogP contribution in [0, 0.1) is 6.92 Å².